The summed E-state index contributed by atoms with van der Waals surface area (Å²) in [5, 5.41) is 10.8. The van der Waals surface area contributed by atoms with E-state index in [-0.39, 0.29) is 6.54 Å². The molecule has 60 valence electrons. The smallest absolute Gasteiger partial charge is 0.295 e. The number of nitrogens with one attached hydrogen (secondary N) is 1. The lowest BCUT2D eigenvalue weighted by atomic mass is 10.3. The van der Waals surface area contributed by atoms with E-state index in [1.165, 1.54) is 0 Å². The average molecular weight is 156 g/mol. The number of carbonyl (C=O) groups is 2. The van der Waals surface area contributed by atoms with Gasteiger partial charge in [-0.05, 0) is 5.92 Å². The van der Waals surface area contributed by atoms with Gasteiger partial charge >= 0.3 is 0 Å². The highest BCUT2D eigenvalue weighted by molar-refractivity contribution is 5.93. The molecular formula is C6H8N2O3. The van der Waals surface area contributed by atoms with Crippen LogP contribution >= 0.6 is 0 Å². The van der Waals surface area contributed by atoms with E-state index in [4.69, 9.17) is 5.11 Å². The molecule has 2 amide bonds. The predicted octanol–water partition coefficient (Wildman–Crippen LogP) is -2.42. The van der Waals surface area contributed by atoms with E-state index in [1.807, 2.05) is 0 Å². The molecule has 0 saturated carbocycles. The molecule has 0 radical (unpaired) electrons. The Morgan fingerprint density at radius 3 is 2.64 bits per heavy atom. The van der Waals surface area contributed by atoms with Crippen molar-refractivity contribution in [3.8, 4) is 12.3 Å². The molecule has 0 aliphatic carbocycles. The van der Waals surface area contributed by atoms with E-state index in [1.54, 1.807) is 5.92 Å². The zero-order valence-electron chi connectivity index (χ0n) is 5.70. The van der Waals surface area contributed by atoms with Gasteiger partial charge in [-0.3, -0.25) is 9.59 Å². The van der Waals surface area contributed by atoms with Crippen LogP contribution in [-0.2, 0) is 9.59 Å². The Balaban J connectivity index is 3.64. The Bertz CT molecular complexity index is 206. The van der Waals surface area contributed by atoms with E-state index >= 15 is 0 Å². The molecule has 5 heteroatoms. The number of amides is 2. The lowest BCUT2D eigenvalue weighted by Crippen LogP contribution is -2.39. The van der Waals surface area contributed by atoms with Gasteiger partial charge in [-0.2, -0.15) is 0 Å². The second-order valence-corrected chi connectivity index (χ2v) is 1.77. The van der Waals surface area contributed by atoms with Crippen molar-refractivity contribution in [3.63, 3.8) is 0 Å². The molecule has 1 unspecified atom stereocenters. The number of primary amides is 1. The third kappa shape index (κ3) is 3.95. The third-order valence-electron chi connectivity index (χ3n) is 0.915. The lowest BCUT2D eigenvalue weighted by Gasteiger charge is -2.04. The van der Waals surface area contributed by atoms with Crippen molar-refractivity contribution in [3.05, 3.63) is 0 Å². The highest BCUT2D eigenvalue weighted by Gasteiger charge is 2.10. The van der Waals surface area contributed by atoms with Crippen molar-refractivity contribution in [2.75, 3.05) is 6.54 Å². The Morgan fingerprint density at radius 1 is 1.73 bits per heavy atom. The van der Waals surface area contributed by atoms with Gasteiger partial charge < -0.3 is 16.2 Å². The number of hydrogen-bond acceptors (Lipinski definition) is 3. The van der Waals surface area contributed by atoms with Gasteiger partial charge in [-0.15, -0.1) is 6.42 Å². The zero-order valence-corrected chi connectivity index (χ0v) is 5.70. The molecule has 4 N–H and O–H groups in total. The monoisotopic (exact) mass is 156 g/mol. The molecule has 0 fully saturated rings. The maximum atomic E-state index is 10.3. The van der Waals surface area contributed by atoms with Gasteiger partial charge in [0.25, 0.3) is 5.91 Å². The van der Waals surface area contributed by atoms with Crippen LogP contribution in [0.1, 0.15) is 0 Å². The number of nitrogens with two attached hydrogens (primary N) is 1. The second-order valence-electron chi connectivity index (χ2n) is 1.77. The zero-order chi connectivity index (χ0) is 8.85. The van der Waals surface area contributed by atoms with Crippen molar-refractivity contribution >= 4 is 11.8 Å². The summed E-state index contributed by atoms with van der Waals surface area (Å²) < 4.78 is 0. The van der Waals surface area contributed by atoms with E-state index in [2.05, 4.69) is 17.5 Å². The molecule has 0 aliphatic heterocycles. The Hall–Kier alpha value is -1.54. The molecule has 0 heterocycles. The topological polar surface area (TPSA) is 92.4 Å². The van der Waals surface area contributed by atoms with Crippen LogP contribution in [0.2, 0.25) is 0 Å². The van der Waals surface area contributed by atoms with Crippen molar-refractivity contribution < 1.29 is 14.7 Å². The Morgan fingerprint density at radius 2 is 2.27 bits per heavy atom. The number of hydrogen-bond donors (Lipinski definition) is 3. The molecule has 0 aromatic rings. The molecule has 0 saturated heterocycles. The van der Waals surface area contributed by atoms with Gasteiger partial charge in [-0.1, -0.05) is 0 Å². The predicted molar refractivity (Wildman–Crippen MR) is 37.0 cm³/mol. The summed E-state index contributed by atoms with van der Waals surface area (Å²) in [4.78, 5) is 20.5. The summed E-state index contributed by atoms with van der Waals surface area (Å²) in [5.41, 5.74) is 4.67. The fourth-order valence-corrected chi connectivity index (χ4v) is 0.341. The van der Waals surface area contributed by atoms with Crippen LogP contribution in [0.5, 0.6) is 0 Å². The van der Waals surface area contributed by atoms with Crippen LogP contribution < -0.4 is 11.1 Å². The minimum atomic E-state index is -1.38. The van der Waals surface area contributed by atoms with Gasteiger partial charge in [-0.25, -0.2) is 0 Å². The molecule has 0 bridgehead atoms. The molecule has 5 nitrogen and oxygen atoms in total. The van der Waals surface area contributed by atoms with Crippen molar-refractivity contribution in [2.24, 2.45) is 5.73 Å². The number of aliphatic hydroxyl groups is 1. The second kappa shape index (κ2) is 4.30. The maximum Gasteiger partial charge on any atom is 0.295 e. The van der Waals surface area contributed by atoms with Crippen LogP contribution in [0.3, 0.4) is 0 Å². The molecule has 11 heavy (non-hydrogen) atoms. The molecule has 0 aliphatic rings. The molecule has 0 spiro atoms. The first-order chi connectivity index (χ1) is 5.07. The summed E-state index contributed by atoms with van der Waals surface area (Å²) in [6.07, 6.45) is 3.29. The Labute approximate surface area is 63.6 Å². The molecule has 0 aromatic carbocycles. The summed E-state index contributed by atoms with van der Waals surface area (Å²) >= 11 is 0. The minimum Gasteiger partial charge on any atom is -0.381 e. The van der Waals surface area contributed by atoms with Gasteiger partial charge in [0.05, 0.1) is 6.54 Å². The molecular weight excluding hydrogens is 148 g/mol. The van der Waals surface area contributed by atoms with Crippen LogP contribution in [0, 0.1) is 12.3 Å². The van der Waals surface area contributed by atoms with Crippen molar-refractivity contribution in [1.82, 2.24) is 5.32 Å². The standard InChI is InChI=1S/C6H8N2O3/c1-2-5(10)8-3-4(9)6(7)11/h1,4,9H,3H2,(H2,7,11)(H,8,10). The van der Waals surface area contributed by atoms with Gasteiger partial charge in [0.2, 0.25) is 5.91 Å². The van der Waals surface area contributed by atoms with Gasteiger partial charge in [0, 0.05) is 0 Å². The molecule has 0 rings (SSSR count). The molecule has 1 atom stereocenters. The van der Waals surface area contributed by atoms with Crippen LogP contribution in [0.4, 0.5) is 0 Å². The number of terminal acetylenes is 1. The van der Waals surface area contributed by atoms with E-state index in [9.17, 15) is 9.59 Å². The van der Waals surface area contributed by atoms with E-state index in [0.717, 1.165) is 0 Å². The lowest BCUT2D eigenvalue weighted by molar-refractivity contribution is -0.126. The van der Waals surface area contributed by atoms with Crippen LogP contribution in [0.25, 0.3) is 0 Å². The fourth-order valence-electron chi connectivity index (χ4n) is 0.341. The Kier molecular flexibility index (Phi) is 3.70. The van der Waals surface area contributed by atoms with Crippen molar-refractivity contribution in [1.29, 1.82) is 0 Å². The average Bonchev–Trinajstić information content (AvgIpc) is 1.99. The number of rotatable bonds is 3. The highest BCUT2D eigenvalue weighted by Crippen LogP contribution is 1.76. The first-order valence-electron chi connectivity index (χ1n) is 2.79. The summed E-state index contributed by atoms with van der Waals surface area (Å²) in [7, 11) is 0. The van der Waals surface area contributed by atoms with Crippen LogP contribution in [0.15, 0.2) is 0 Å². The fraction of sp³-hybridized carbons (Fsp3) is 0.333. The normalized spacial score (nSPS) is 11.3. The quantitative estimate of drug-likeness (QED) is 0.397. The van der Waals surface area contributed by atoms with Gasteiger partial charge in [0.1, 0.15) is 6.10 Å². The van der Waals surface area contributed by atoms with E-state index < -0.39 is 17.9 Å². The summed E-state index contributed by atoms with van der Waals surface area (Å²) in [5.74, 6) is 0.156. The van der Waals surface area contributed by atoms with E-state index in [0.29, 0.717) is 0 Å². The molecule has 0 aromatic heterocycles. The third-order valence-corrected chi connectivity index (χ3v) is 0.915. The first kappa shape index (κ1) is 9.46. The number of aliphatic hydroxyl groups excluding tert-OH is 1. The minimum absolute atomic E-state index is 0.252. The van der Waals surface area contributed by atoms with Crippen molar-refractivity contribution in [2.45, 2.75) is 6.10 Å². The summed E-state index contributed by atoms with van der Waals surface area (Å²) in [6, 6.07) is 0. The van der Waals surface area contributed by atoms with Crippen LogP contribution in [-0.4, -0.2) is 29.6 Å². The summed E-state index contributed by atoms with van der Waals surface area (Å²) in [6.45, 7) is -0.252. The highest BCUT2D eigenvalue weighted by atomic mass is 16.3. The number of carbonyl (C=O) groups excluding carboxylic acids is 2. The largest absolute Gasteiger partial charge is 0.381 e. The first-order valence-corrected chi connectivity index (χ1v) is 2.79. The maximum absolute atomic E-state index is 10.3. The van der Waals surface area contributed by atoms with Gasteiger partial charge in [0.15, 0.2) is 0 Å². The SMILES string of the molecule is C#CC(=O)NCC(O)C(N)=O.